The zero-order valence-corrected chi connectivity index (χ0v) is 16.1. The number of amides is 1. The molecule has 1 amide bonds. The molecule has 0 radical (unpaired) electrons. The number of hydrogen-bond acceptors (Lipinski definition) is 4. The van der Waals surface area contributed by atoms with E-state index in [4.69, 9.17) is 4.74 Å². The van der Waals surface area contributed by atoms with Gasteiger partial charge >= 0.3 is 0 Å². The molecule has 0 aromatic heterocycles. The van der Waals surface area contributed by atoms with Gasteiger partial charge in [-0.2, -0.15) is 0 Å². The van der Waals surface area contributed by atoms with Gasteiger partial charge in [-0.15, -0.1) is 0 Å². The fraction of sp³-hybridized carbons (Fsp3) is 0.286. The quantitative estimate of drug-likeness (QED) is 0.680. The van der Waals surface area contributed by atoms with Gasteiger partial charge in [-0.3, -0.25) is 4.79 Å². The molecule has 5 nitrogen and oxygen atoms in total. The van der Waals surface area contributed by atoms with Gasteiger partial charge in [0.05, 0.1) is 18.4 Å². The smallest absolute Gasteiger partial charge is 0.258 e. The standard InChI is InChI=1S/C21H23NO4S/c1-2-3-14-26-20-11-9-17(10-12-20)21(23)22(18-7-5-4-6-8-18)19-13-15-27(24,25)16-19/h4-13,15,19H,2-3,14,16H2,1H3/t19-/m1/s1. The second-order valence-corrected chi connectivity index (χ2v) is 8.39. The number of rotatable bonds is 7. The third kappa shape index (κ3) is 4.77. The molecule has 0 N–H and O–H groups in total. The van der Waals surface area contributed by atoms with Crippen LogP contribution in [0.25, 0.3) is 0 Å². The van der Waals surface area contributed by atoms with Crippen LogP contribution >= 0.6 is 0 Å². The van der Waals surface area contributed by atoms with E-state index in [1.54, 1.807) is 42.5 Å². The fourth-order valence-electron chi connectivity index (χ4n) is 2.94. The van der Waals surface area contributed by atoms with Crippen molar-refractivity contribution in [2.75, 3.05) is 17.3 Å². The summed E-state index contributed by atoms with van der Waals surface area (Å²) in [6, 6.07) is 15.6. The maximum absolute atomic E-state index is 13.2. The van der Waals surface area contributed by atoms with Gasteiger partial charge in [-0.1, -0.05) is 31.5 Å². The SMILES string of the molecule is CCCCOc1ccc(C(=O)N(c2ccccc2)[C@@H]2C=CS(=O)(=O)C2)cc1. The topological polar surface area (TPSA) is 63.7 Å². The third-order valence-corrected chi connectivity index (χ3v) is 5.74. The van der Waals surface area contributed by atoms with Crippen molar-refractivity contribution in [1.29, 1.82) is 0 Å². The molecule has 0 saturated heterocycles. The monoisotopic (exact) mass is 385 g/mol. The Morgan fingerprint density at radius 2 is 1.81 bits per heavy atom. The zero-order chi connectivity index (χ0) is 19.3. The highest BCUT2D eigenvalue weighted by Gasteiger charge is 2.31. The third-order valence-electron chi connectivity index (χ3n) is 4.36. The Balaban J connectivity index is 1.84. The van der Waals surface area contributed by atoms with Crippen molar-refractivity contribution >= 4 is 21.4 Å². The summed E-state index contributed by atoms with van der Waals surface area (Å²) in [7, 11) is -3.28. The van der Waals surface area contributed by atoms with Crippen LogP contribution in [0, 0.1) is 0 Å². The molecule has 2 aromatic carbocycles. The number of anilines is 1. The molecular weight excluding hydrogens is 362 g/mol. The lowest BCUT2D eigenvalue weighted by molar-refractivity contribution is 0.0983. The molecule has 0 bridgehead atoms. The lowest BCUT2D eigenvalue weighted by atomic mass is 10.1. The van der Waals surface area contributed by atoms with Crippen LogP contribution in [-0.2, 0) is 9.84 Å². The first-order valence-corrected chi connectivity index (χ1v) is 10.7. The van der Waals surface area contributed by atoms with E-state index in [0.717, 1.165) is 18.6 Å². The van der Waals surface area contributed by atoms with E-state index in [-0.39, 0.29) is 11.7 Å². The number of carbonyl (C=O) groups is 1. The van der Waals surface area contributed by atoms with Crippen LogP contribution in [0.2, 0.25) is 0 Å². The minimum Gasteiger partial charge on any atom is -0.494 e. The maximum atomic E-state index is 13.2. The summed E-state index contributed by atoms with van der Waals surface area (Å²) in [5, 5.41) is 1.19. The summed E-state index contributed by atoms with van der Waals surface area (Å²) < 4.78 is 29.4. The second-order valence-electron chi connectivity index (χ2n) is 6.46. The van der Waals surface area contributed by atoms with E-state index in [9.17, 15) is 13.2 Å². The molecule has 0 saturated carbocycles. The van der Waals surface area contributed by atoms with E-state index in [1.807, 2.05) is 18.2 Å². The lowest BCUT2D eigenvalue weighted by Gasteiger charge is -2.27. The van der Waals surface area contributed by atoms with Crippen molar-refractivity contribution in [2.45, 2.75) is 25.8 Å². The van der Waals surface area contributed by atoms with Gasteiger partial charge in [0, 0.05) is 16.7 Å². The van der Waals surface area contributed by atoms with E-state index in [1.165, 1.54) is 10.3 Å². The fourth-order valence-corrected chi connectivity index (χ4v) is 4.20. The summed E-state index contributed by atoms with van der Waals surface area (Å²) in [5.74, 6) is 0.369. The summed E-state index contributed by atoms with van der Waals surface area (Å²) in [4.78, 5) is 14.7. The number of sulfone groups is 1. The minimum absolute atomic E-state index is 0.105. The molecule has 27 heavy (non-hydrogen) atoms. The number of unbranched alkanes of at least 4 members (excludes halogenated alkanes) is 1. The van der Waals surface area contributed by atoms with E-state index in [2.05, 4.69) is 6.92 Å². The Kier molecular flexibility index (Phi) is 5.96. The Bertz CT molecular complexity index is 905. The average molecular weight is 385 g/mol. The highest BCUT2D eigenvalue weighted by molar-refractivity contribution is 7.94. The normalized spacial score (nSPS) is 17.6. The van der Waals surface area contributed by atoms with Crippen LogP contribution in [0.4, 0.5) is 5.69 Å². The number of benzene rings is 2. The summed E-state index contributed by atoms with van der Waals surface area (Å²) in [6.45, 7) is 2.74. The molecule has 142 valence electrons. The molecule has 1 atom stereocenters. The first kappa shape index (κ1) is 19.2. The summed E-state index contributed by atoms with van der Waals surface area (Å²) in [6.07, 6.45) is 3.60. The molecule has 6 heteroatoms. The molecule has 1 heterocycles. The molecule has 3 rings (SSSR count). The first-order chi connectivity index (χ1) is 13.0. The van der Waals surface area contributed by atoms with Gasteiger partial charge in [0.1, 0.15) is 5.75 Å². The van der Waals surface area contributed by atoms with Gasteiger partial charge < -0.3 is 9.64 Å². The van der Waals surface area contributed by atoms with Gasteiger partial charge in [-0.05, 0) is 48.9 Å². The van der Waals surface area contributed by atoms with Crippen molar-refractivity contribution in [2.24, 2.45) is 0 Å². The number of ether oxygens (including phenoxy) is 1. The molecule has 1 aliphatic rings. The second kappa shape index (κ2) is 8.39. The van der Waals surface area contributed by atoms with Crippen LogP contribution in [0.5, 0.6) is 5.75 Å². The van der Waals surface area contributed by atoms with Gasteiger partial charge in [0.2, 0.25) is 0 Å². The molecule has 2 aromatic rings. The van der Waals surface area contributed by atoms with Crippen LogP contribution < -0.4 is 9.64 Å². The van der Waals surface area contributed by atoms with Gasteiger partial charge in [-0.25, -0.2) is 8.42 Å². The molecule has 0 fully saturated rings. The van der Waals surface area contributed by atoms with Crippen molar-refractivity contribution in [3.8, 4) is 5.75 Å². The van der Waals surface area contributed by atoms with Crippen LogP contribution in [0.1, 0.15) is 30.1 Å². The maximum Gasteiger partial charge on any atom is 0.258 e. The first-order valence-electron chi connectivity index (χ1n) is 9.02. The number of carbonyl (C=O) groups excluding carboxylic acids is 1. The predicted octanol–water partition coefficient (Wildman–Crippen LogP) is 3.82. The van der Waals surface area contributed by atoms with Crippen molar-refractivity contribution in [3.05, 3.63) is 71.6 Å². The number of para-hydroxylation sites is 1. The average Bonchev–Trinajstić information content (AvgIpc) is 3.03. The van der Waals surface area contributed by atoms with Crippen LogP contribution in [0.15, 0.2) is 66.1 Å². The number of hydrogen-bond donors (Lipinski definition) is 0. The highest BCUT2D eigenvalue weighted by Crippen LogP contribution is 2.25. The molecule has 0 unspecified atom stereocenters. The largest absolute Gasteiger partial charge is 0.494 e. The van der Waals surface area contributed by atoms with E-state index in [0.29, 0.717) is 17.9 Å². The summed E-state index contributed by atoms with van der Waals surface area (Å²) in [5.41, 5.74) is 1.15. The Morgan fingerprint density at radius 3 is 2.41 bits per heavy atom. The van der Waals surface area contributed by atoms with Gasteiger partial charge in [0.25, 0.3) is 5.91 Å². The molecule has 0 aliphatic carbocycles. The highest BCUT2D eigenvalue weighted by atomic mass is 32.2. The van der Waals surface area contributed by atoms with Crippen LogP contribution in [-0.4, -0.2) is 32.7 Å². The van der Waals surface area contributed by atoms with Crippen molar-refractivity contribution in [3.63, 3.8) is 0 Å². The predicted molar refractivity (Wildman–Crippen MR) is 107 cm³/mol. The molecular formula is C21H23NO4S. The van der Waals surface area contributed by atoms with E-state index < -0.39 is 15.9 Å². The zero-order valence-electron chi connectivity index (χ0n) is 15.2. The van der Waals surface area contributed by atoms with Gasteiger partial charge in [0.15, 0.2) is 9.84 Å². The lowest BCUT2D eigenvalue weighted by Crippen LogP contribution is -2.41. The molecule has 0 spiro atoms. The minimum atomic E-state index is -3.28. The number of nitrogens with zero attached hydrogens (tertiary/aromatic N) is 1. The Labute approximate surface area is 160 Å². The van der Waals surface area contributed by atoms with E-state index >= 15 is 0 Å². The summed E-state index contributed by atoms with van der Waals surface area (Å²) >= 11 is 0. The van der Waals surface area contributed by atoms with Crippen molar-refractivity contribution < 1.29 is 17.9 Å². The Morgan fingerprint density at radius 1 is 1.11 bits per heavy atom. The van der Waals surface area contributed by atoms with Crippen LogP contribution in [0.3, 0.4) is 0 Å². The van der Waals surface area contributed by atoms with Crippen molar-refractivity contribution in [1.82, 2.24) is 0 Å². The molecule has 1 aliphatic heterocycles. The Hall–Kier alpha value is -2.60.